The standard InChI is InChI=1S/C9H9BrN4S/c1-5-3-6(2)8(7(10)4-5)14-9(15)11-12-13-14/h3-4H,1-2H3,(H,11,13,15). The summed E-state index contributed by atoms with van der Waals surface area (Å²) < 4.78 is 3.07. The molecule has 4 nitrogen and oxygen atoms in total. The lowest BCUT2D eigenvalue weighted by Crippen LogP contribution is -2.01. The lowest BCUT2D eigenvalue weighted by Gasteiger charge is -2.09. The second-order valence-corrected chi connectivity index (χ2v) is 4.55. The van der Waals surface area contributed by atoms with Crippen molar-refractivity contribution < 1.29 is 0 Å². The van der Waals surface area contributed by atoms with Crippen molar-refractivity contribution in [1.29, 1.82) is 0 Å². The quantitative estimate of drug-likeness (QED) is 0.819. The molecule has 0 saturated carbocycles. The fourth-order valence-corrected chi connectivity index (χ4v) is 2.56. The molecule has 0 aliphatic rings. The van der Waals surface area contributed by atoms with E-state index in [0.29, 0.717) is 4.77 Å². The highest BCUT2D eigenvalue weighted by molar-refractivity contribution is 9.10. The number of benzene rings is 1. The Kier molecular flexibility index (Phi) is 2.70. The van der Waals surface area contributed by atoms with Crippen molar-refractivity contribution in [1.82, 2.24) is 20.2 Å². The van der Waals surface area contributed by atoms with Crippen molar-refractivity contribution in [2.75, 3.05) is 0 Å². The molecule has 1 heterocycles. The van der Waals surface area contributed by atoms with Gasteiger partial charge in [0.15, 0.2) is 0 Å². The SMILES string of the molecule is Cc1cc(C)c(-n2[nH]nnc2=S)c(Br)c1. The highest BCUT2D eigenvalue weighted by Crippen LogP contribution is 2.25. The van der Waals surface area contributed by atoms with E-state index in [-0.39, 0.29) is 0 Å². The van der Waals surface area contributed by atoms with Crippen molar-refractivity contribution in [2.24, 2.45) is 0 Å². The first-order valence-corrected chi connectivity index (χ1v) is 5.57. The second kappa shape index (κ2) is 3.86. The first-order chi connectivity index (χ1) is 7.09. The van der Waals surface area contributed by atoms with Gasteiger partial charge in [0.25, 0.3) is 0 Å². The van der Waals surface area contributed by atoms with E-state index in [1.54, 1.807) is 4.68 Å². The predicted octanol–water partition coefficient (Wildman–Crippen LogP) is 2.70. The Morgan fingerprint density at radius 3 is 2.67 bits per heavy atom. The molecule has 78 valence electrons. The number of rotatable bonds is 1. The largest absolute Gasteiger partial charge is 0.242 e. The molecule has 2 aromatic rings. The Balaban J connectivity index is 2.74. The maximum Gasteiger partial charge on any atom is 0.242 e. The molecular formula is C9H9BrN4S. The van der Waals surface area contributed by atoms with Crippen molar-refractivity contribution in [2.45, 2.75) is 13.8 Å². The molecule has 15 heavy (non-hydrogen) atoms. The van der Waals surface area contributed by atoms with Crippen LogP contribution in [0.5, 0.6) is 0 Å². The molecule has 0 fully saturated rings. The van der Waals surface area contributed by atoms with Gasteiger partial charge in [-0.2, -0.15) is 5.21 Å². The average Bonchev–Trinajstić information content (AvgIpc) is 2.50. The van der Waals surface area contributed by atoms with E-state index >= 15 is 0 Å². The molecule has 2 rings (SSSR count). The summed E-state index contributed by atoms with van der Waals surface area (Å²) in [6.07, 6.45) is 0. The number of H-pyrrole nitrogens is 1. The fraction of sp³-hybridized carbons (Fsp3) is 0.222. The zero-order valence-electron chi connectivity index (χ0n) is 8.28. The van der Waals surface area contributed by atoms with Gasteiger partial charge in [-0.3, -0.25) is 0 Å². The second-order valence-electron chi connectivity index (χ2n) is 3.33. The first kappa shape index (κ1) is 10.5. The van der Waals surface area contributed by atoms with Gasteiger partial charge in [0, 0.05) is 4.47 Å². The molecule has 0 bridgehead atoms. The zero-order valence-corrected chi connectivity index (χ0v) is 10.7. The van der Waals surface area contributed by atoms with Crippen LogP contribution in [0, 0.1) is 18.6 Å². The number of hydrogen-bond acceptors (Lipinski definition) is 3. The van der Waals surface area contributed by atoms with Crippen LogP contribution < -0.4 is 0 Å². The molecule has 0 saturated heterocycles. The molecular weight excluding hydrogens is 276 g/mol. The topological polar surface area (TPSA) is 46.5 Å². The van der Waals surface area contributed by atoms with Crippen LogP contribution in [-0.4, -0.2) is 20.2 Å². The first-order valence-electron chi connectivity index (χ1n) is 4.37. The number of nitrogens with one attached hydrogen (secondary N) is 1. The van der Waals surface area contributed by atoms with E-state index in [4.69, 9.17) is 12.2 Å². The molecule has 0 amide bonds. The number of nitrogens with zero attached hydrogens (tertiary/aromatic N) is 3. The van der Waals surface area contributed by atoms with Gasteiger partial charge in [-0.05, 0) is 59.2 Å². The van der Waals surface area contributed by atoms with Crippen LogP contribution in [0.1, 0.15) is 11.1 Å². The normalized spacial score (nSPS) is 10.6. The number of aromatic amines is 1. The Labute approximate surface area is 100 Å². The Morgan fingerprint density at radius 2 is 2.13 bits per heavy atom. The number of hydrogen-bond donors (Lipinski definition) is 1. The summed E-state index contributed by atoms with van der Waals surface area (Å²) in [5, 5.41) is 10.2. The van der Waals surface area contributed by atoms with Gasteiger partial charge in [0.05, 0.1) is 5.69 Å². The van der Waals surface area contributed by atoms with Crippen LogP contribution in [-0.2, 0) is 0 Å². The summed E-state index contributed by atoms with van der Waals surface area (Å²) in [6, 6.07) is 4.12. The van der Waals surface area contributed by atoms with Gasteiger partial charge in [-0.15, -0.1) is 0 Å². The third-order valence-electron chi connectivity index (χ3n) is 2.09. The summed E-state index contributed by atoms with van der Waals surface area (Å²) in [5.74, 6) is 0. The molecule has 6 heteroatoms. The lowest BCUT2D eigenvalue weighted by molar-refractivity contribution is 0.779. The van der Waals surface area contributed by atoms with Crippen molar-refractivity contribution in [3.05, 3.63) is 32.5 Å². The summed E-state index contributed by atoms with van der Waals surface area (Å²) in [7, 11) is 0. The maximum atomic E-state index is 5.06. The van der Waals surface area contributed by atoms with E-state index in [2.05, 4.69) is 37.5 Å². The summed E-state index contributed by atoms with van der Waals surface area (Å²) in [6.45, 7) is 4.07. The van der Waals surface area contributed by atoms with Crippen molar-refractivity contribution in [3.8, 4) is 5.69 Å². The van der Waals surface area contributed by atoms with Crippen LogP contribution in [0.4, 0.5) is 0 Å². The molecule has 0 spiro atoms. The summed E-state index contributed by atoms with van der Waals surface area (Å²) in [4.78, 5) is 0. The summed E-state index contributed by atoms with van der Waals surface area (Å²) in [5.41, 5.74) is 3.27. The van der Waals surface area contributed by atoms with Crippen LogP contribution in [0.15, 0.2) is 16.6 Å². The molecule has 0 radical (unpaired) electrons. The van der Waals surface area contributed by atoms with Crippen LogP contribution in [0.25, 0.3) is 5.69 Å². The molecule has 1 aromatic heterocycles. The Bertz CT molecular complexity index is 534. The average molecular weight is 285 g/mol. The Hall–Kier alpha value is -1.01. The van der Waals surface area contributed by atoms with Gasteiger partial charge in [-0.25, -0.2) is 4.68 Å². The predicted molar refractivity (Wildman–Crippen MR) is 63.7 cm³/mol. The van der Waals surface area contributed by atoms with E-state index < -0.39 is 0 Å². The number of halogens is 1. The fourth-order valence-electron chi connectivity index (χ4n) is 1.53. The van der Waals surface area contributed by atoms with Gasteiger partial charge < -0.3 is 0 Å². The van der Waals surface area contributed by atoms with E-state index in [0.717, 1.165) is 15.7 Å². The molecule has 0 aliphatic heterocycles. The highest BCUT2D eigenvalue weighted by Gasteiger charge is 2.08. The smallest absolute Gasteiger partial charge is 0.208 e. The zero-order chi connectivity index (χ0) is 11.0. The van der Waals surface area contributed by atoms with Gasteiger partial charge in [0.2, 0.25) is 4.77 Å². The highest BCUT2D eigenvalue weighted by atomic mass is 79.9. The molecule has 0 atom stereocenters. The number of aryl methyl sites for hydroxylation is 2. The van der Waals surface area contributed by atoms with Crippen molar-refractivity contribution in [3.63, 3.8) is 0 Å². The minimum Gasteiger partial charge on any atom is -0.208 e. The summed E-state index contributed by atoms with van der Waals surface area (Å²) >= 11 is 8.57. The van der Waals surface area contributed by atoms with Crippen LogP contribution in [0.3, 0.4) is 0 Å². The lowest BCUT2D eigenvalue weighted by atomic mass is 10.1. The van der Waals surface area contributed by atoms with Crippen molar-refractivity contribution >= 4 is 28.1 Å². The minimum absolute atomic E-state index is 0.419. The molecule has 1 aromatic carbocycles. The molecule has 0 unspecified atom stereocenters. The molecule has 1 N–H and O–H groups in total. The Morgan fingerprint density at radius 1 is 1.40 bits per heavy atom. The third kappa shape index (κ3) is 1.87. The van der Waals surface area contributed by atoms with Crippen LogP contribution in [0.2, 0.25) is 0 Å². The van der Waals surface area contributed by atoms with E-state index in [1.165, 1.54) is 5.56 Å². The van der Waals surface area contributed by atoms with Gasteiger partial charge in [-0.1, -0.05) is 16.4 Å². The maximum absolute atomic E-state index is 5.06. The minimum atomic E-state index is 0.419. The van der Waals surface area contributed by atoms with Gasteiger partial charge >= 0.3 is 0 Å². The van der Waals surface area contributed by atoms with E-state index in [1.807, 2.05) is 19.9 Å². The molecule has 0 aliphatic carbocycles. The number of tetrazole rings is 1. The van der Waals surface area contributed by atoms with Crippen LogP contribution >= 0.6 is 28.1 Å². The van der Waals surface area contributed by atoms with Gasteiger partial charge in [0.1, 0.15) is 0 Å². The van der Waals surface area contributed by atoms with E-state index in [9.17, 15) is 0 Å². The monoisotopic (exact) mass is 284 g/mol. The number of aromatic nitrogens is 4. The third-order valence-corrected chi connectivity index (χ3v) is 2.96.